The monoisotopic (exact) mass is 401 g/mol. The molecular weight excluding hydrogens is 382 g/mol. The number of hydrogen-bond acceptors (Lipinski definition) is 6. The largest absolute Gasteiger partial charge is 0.497 e. The number of esters is 1. The van der Waals surface area contributed by atoms with Gasteiger partial charge in [0.15, 0.2) is 5.76 Å². The van der Waals surface area contributed by atoms with Gasteiger partial charge in [0.25, 0.3) is 0 Å². The van der Waals surface area contributed by atoms with Gasteiger partial charge in [-0.3, -0.25) is 9.78 Å². The Balaban J connectivity index is 1.94. The standard InChI is InChI=1S/C24H19NO5/c1-14-11-15(2)21-19(12-14)20(26)23(30-24(27)17-5-4-10-25-13-17)22(29-21)16-6-8-18(28-3)9-7-16/h4-13H,1-3H3. The number of carbonyl (C=O) groups is 1. The molecule has 0 atom stereocenters. The van der Waals surface area contributed by atoms with E-state index < -0.39 is 11.4 Å². The van der Waals surface area contributed by atoms with Gasteiger partial charge in [-0.25, -0.2) is 4.79 Å². The van der Waals surface area contributed by atoms with Crippen LogP contribution in [0.15, 0.2) is 70.1 Å². The molecule has 0 fully saturated rings. The topological polar surface area (TPSA) is 78.6 Å². The lowest BCUT2D eigenvalue weighted by Gasteiger charge is -2.12. The van der Waals surface area contributed by atoms with E-state index in [2.05, 4.69) is 4.98 Å². The molecule has 0 saturated heterocycles. The molecule has 2 aromatic carbocycles. The van der Waals surface area contributed by atoms with Crippen LogP contribution in [0.4, 0.5) is 0 Å². The molecule has 0 amide bonds. The molecule has 2 heterocycles. The van der Waals surface area contributed by atoms with Crippen molar-refractivity contribution in [3.63, 3.8) is 0 Å². The Hall–Kier alpha value is -3.93. The van der Waals surface area contributed by atoms with Crippen LogP contribution in [0.5, 0.6) is 11.5 Å². The Morgan fingerprint density at radius 1 is 1.07 bits per heavy atom. The zero-order chi connectivity index (χ0) is 21.3. The molecule has 2 aromatic heterocycles. The zero-order valence-electron chi connectivity index (χ0n) is 16.8. The molecule has 0 radical (unpaired) electrons. The van der Waals surface area contributed by atoms with E-state index >= 15 is 0 Å². The number of aryl methyl sites for hydroxylation is 2. The minimum atomic E-state index is -0.686. The van der Waals surface area contributed by atoms with Gasteiger partial charge in [0, 0.05) is 18.0 Å². The number of ether oxygens (including phenoxy) is 2. The van der Waals surface area contributed by atoms with Crippen LogP contribution in [0.2, 0.25) is 0 Å². The number of rotatable bonds is 4. The van der Waals surface area contributed by atoms with Gasteiger partial charge in [-0.15, -0.1) is 0 Å². The van der Waals surface area contributed by atoms with Crippen LogP contribution in [-0.2, 0) is 0 Å². The second-order valence-corrected chi connectivity index (χ2v) is 6.91. The fraction of sp³-hybridized carbons (Fsp3) is 0.125. The number of fused-ring (bicyclic) bond motifs is 1. The van der Waals surface area contributed by atoms with Crippen molar-refractivity contribution < 1.29 is 18.7 Å². The average Bonchev–Trinajstić information content (AvgIpc) is 2.76. The molecule has 0 unspecified atom stereocenters. The molecular formula is C24H19NO5. The first-order valence-electron chi connectivity index (χ1n) is 9.32. The number of benzene rings is 2. The van der Waals surface area contributed by atoms with Crippen LogP contribution >= 0.6 is 0 Å². The van der Waals surface area contributed by atoms with Gasteiger partial charge >= 0.3 is 5.97 Å². The van der Waals surface area contributed by atoms with Crippen molar-refractivity contribution in [3.05, 3.63) is 87.8 Å². The number of pyridine rings is 1. The highest BCUT2D eigenvalue weighted by Gasteiger charge is 2.22. The first-order valence-corrected chi connectivity index (χ1v) is 9.32. The molecule has 0 bridgehead atoms. The lowest BCUT2D eigenvalue weighted by molar-refractivity contribution is 0.0731. The fourth-order valence-electron chi connectivity index (χ4n) is 3.29. The molecule has 0 spiro atoms. The molecule has 4 rings (SSSR count). The number of aromatic nitrogens is 1. The van der Waals surface area contributed by atoms with E-state index in [1.807, 2.05) is 19.9 Å². The van der Waals surface area contributed by atoms with Crippen LogP contribution in [0.25, 0.3) is 22.3 Å². The maximum atomic E-state index is 13.3. The lowest BCUT2D eigenvalue weighted by Crippen LogP contribution is -2.16. The summed E-state index contributed by atoms with van der Waals surface area (Å²) in [5.74, 6) is -0.0117. The van der Waals surface area contributed by atoms with Crippen LogP contribution < -0.4 is 14.9 Å². The van der Waals surface area contributed by atoms with Crippen LogP contribution in [-0.4, -0.2) is 18.1 Å². The Kier molecular flexibility index (Phi) is 5.06. The van der Waals surface area contributed by atoms with Crippen molar-refractivity contribution in [2.75, 3.05) is 7.11 Å². The summed E-state index contributed by atoms with van der Waals surface area (Å²) in [7, 11) is 1.57. The Morgan fingerprint density at radius 3 is 2.50 bits per heavy atom. The second-order valence-electron chi connectivity index (χ2n) is 6.91. The van der Waals surface area contributed by atoms with Crippen LogP contribution in [0, 0.1) is 13.8 Å². The van der Waals surface area contributed by atoms with Crippen molar-refractivity contribution in [1.82, 2.24) is 4.98 Å². The Bertz CT molecular complexity index is 1290. The number of hydrogen-bond donors (Lipinski definition) is 0. The van der Waals surface area contributed by atoms with Crippen molar-refractivity contribution in [2.45, 2.75) is 13.8 Å². The molecule has 0 N–H and O–H groups in total. The fourth-order valence-corrected chi connectivity index (χ4v) is 3.29. The van der Waals surface area contributed by atoms with Gasteiger partial charge in [0.1, 0.15) is 11.3 Å². The first kappa shape index (κ1) is 19.4. The second kappa shape index (κ2) is 7.83. The smallest absolute Gasteiger partial charge is 0.345 e. The van der Waals surface area contributed by atoms with Crippen molar-refractivity contribution in [1.29, 1.82) is 0 Å². The van der Waals surface area contributed by atoms with E-state index in [0.29, 0.717) is 22.3 Å². The molecule has 0 saturated carbocycles. The van der Waals surface area contributed by atoms with Gasteiger partial charge in [0.2, 0.25) is 11.2 Å². The number of nitrogens with zero attached hydrogens (tertiary/aromatic N) is 1. The third kappa shape index (κ3) is 3.55. The van der Waals surface area contributed by atoms with E-state index in [0.717, 1.165) is 11.1 Å². The Labute approximate surface area is 172 Å². The summed E-state index contributed by atoms with van der Waals surface area (Å²) in [5, 5.41) is 0.360. The van der Waals surface area contributed by atoms with Crippen molar-refractivity contribution in [3.8, 4) is 22.8 Å². The molecule has 150 valence electrons. The quantitative estimate of drug-likeness (QED) is 0.461. The van der Waals surface area contributed by atoms with E-state index in [9.17, 15) is 9.59 Å². The normalized spacial score (nSPS) is 10.8. The third-order valence-corrected chi connectivity index (χ3v) is 4.72. The molecule has 0 aliphatic heterocycles. The number of methoxy groups -OCH3 is 1. The number of carbonyl (C=O) groups excluding carboxylic acids is 1. The summed E-state index contributed by atoms with van der Waals surface area (Å²) in [6.07, 6.45) is 2.93. The summed E-state index contributed by atoms with van der Waals surface area (Å²) in [5.41, 5.74) is 2.60. The van der Waals surface area contributed by atoms with E-state index in [1.54, 1.807) is 55.8 Å². The predicted molar refractivity (Wildman–Crippen MR) is 113 cm³/mol. The molecule has 6 nitrogen and oxygen atoms in total. The average molecular weight is 401 g/mol. The highest BCUT2D eigenvalue weighted by Crippen LogP contribution is 2.33. The van der Waals surface area contributed by atoms with Gasteiger partial charge in [-0.1, -0.05) is 6.07 Å². The van der Waals surface area contributed by atoms with Gasteiger partial charge in [-0.05, 0) is 67.4 Å². The highest BCUT2D eigenvalue weighted by molar-refractivity contribution is 5.93. The molecule has 0 aliphatic carbocycles. The first-order chi connectivity index (χ1) is 14.5. The molecule has 6 heteroatoms. The molecule has 0 aliphatic rings. The molecule has 4 aromatic rings. The predicted octanol–water partition coefficient (Wildman–Crippen LogP) is 4.70. The summed E-state index contributed by atoms with van der Waals surface area (Å²) < 4.78 is 16.9. The SMILES string of the molecule is COc1ccc(-c2oc3c(C)cc(C)cc3c(=O)c2OC(=O)c2cccnc2)cc1. The van der Waals surface area contributed by atoms with E-state index in [-0.39, 0.29) is 17.1 Å². The van der Waals surface area contributed by atoms with E-state index in [1.165, 1.54) is 6.20 Å². The van der Waals surface area contributed by atoms with Crippen molar-refractivity contribution >= 4 is 16.9 Å². The summed E-state index contributed by atoms with van der Waals surface area (Å²) in [4.78, 5) is 29.9. The highest BCUT2D eigenvalue weighted by atomic mass is 16.5. The molecule has 30 heavy (non-hydrogen) atoms. The zero-order valence-corrected chi connectivity index (χ0v) is 16.8. The van der Waals surface area contributed by atoms with Gasteiger partial charge in [0.05, 0.1) is 18.1 Å². The van der Waals surface area contributed by atoms with Crippen molar-refractivity contribution in [2.24, 2.45) is 0 Å². The van der Waals surface area contributed by atoms with Crippen LogP contribution in [0.3, 0.4) is 0 Å². The maximum absolute atomic E-state index is 13.3. The lowest BCUT2D eigenvalue weighted by atomic mass is 10.1. The summed E-state index contributed by atoms with van der Waals surface area (Å²) in [6.45, 7) is 3.77. The van der Waals surface area contributed by atoms with Crippen LogP contribution in [0.1, 0.15) is 21.5 Å². The summed E-state index contributed by atoms with van der Waals surface area (Å²) in [6, 6.07) is 13.8. The Morgan fingerprint density at radius 2 is 1.83 bits per heavy atom. The minimum absolute atomic E-state index is 0.161. The minimum Gasteiger partial charge on any atom is -0.497 e. The van der Waals surface area contributed by atoms with E-state index in [4.69, 9.17) is 13.9 Å². The van der Waals surface area contributed by atoms with Gasteiger partial charge in [-0.2, -0.15) is 0 Å². The summed E-state index contributed by atoms with van der Waals surface area (Å²) >= 11 is 0. The third-order valence-electron chi connectivity index (χ3n) is 4.72. The van der Waals surface area contributed by atoms with Gasteiger partial charge < -0.3 is 13.9 Å². The maximum Gasteiger partial charge on any atom is 0.345 e.